The summed E-state index contributed by atoms with van der Waals surface area (Å²) in [5.74, 6) is -0.609. The molecule has 4 fully saturated rings. The summed E-state index contributed by atoms with van der Waals surface area (Å²) < 4.78 is 12.3. The Morgan fingerprint density at radius 2 is 1.00 bits per heavy atom. The smallest absolute Gasteiger partial charge is 0.343 e. The molecule has 0 unspecified atom stereocenters. The number of fused-ring (bicyclic) bond motifs is 4. The molecule has 8 atom stereocenters. The molecule has 1 radical (unpaired) electrons. The van der Waals surface area contributed by atoms with Crippen molar-refractivity contribution in [2.24, 2.45) is 43.5 Å². The molecule has 0 saturated heterocycles. The third-order valence-corrected chi connectivity index (χ3v) is 14.5. The topological polar surface area (TPSA) is 118 Å². The second-order valence-electron chi connectivity index (χ2n) is 17.3. The van der Waals surface area contributed by atoms with E-state index in [0.717, 1.165) is 49.7 Å². The number of nitrogens with zero attached hydrogens (tertiary/aromatic N) is 2. The van der Waals surface area contributed by atoms with Crippen molar-refractivity contribution < 1.29 is 46.1 Å². The van der Waals surface area contributed by atoms with Crippen LogP contribution in [-0.2, 0) is 35.8 Å². The predicted octanol–water partition coefficient (Wildman–Crippen LogP) is 9.79. The maximum atomic E-state index is 13.7. The quantitative estimate of drug-likeness (QED) is 0.102. The Hall–Kier alpha value is -3.69. The molecular weight excluding hydrogens is 711 g/mol. The SMILES string of the molecule is C/C(O)=C(/C=N[C@H](c1ccccc1)[C@H](N=C/C(C(=O)O[C@@H]1C[C@@H]2CC[C@@]1(C)C2(C)C)=C(/C)O)c1ccccc1)C(=O)O[C@@H]1C[C@@H]2CC[C@@]1(C)C2(C)C.[Co]. The Balaban J connectivity index is 0.00000541. The van der Waals surface area contributed by atoms with Crippen molar-refractivity contribution in [3.05, 3.63) is 94.5 Å². The molecule has 4 aliphatic rings. The van der Waals surface area contributed by atoms with Crippen LogP contribution in [0.2, 0.25) is 0 Å². The Labute approximate surface area is 325 Å². The van der Waals surface area contributed by atoms with Crippen LogP contribution in [0.5, 0.6) is 0 Å². The number of carbonyl (C=O) groups excluding carboxylic acids is 2. The van der Waals surface area contributed by atoms with E-state index < -0.39 is 24.0 Å². The van der Waals surface area contributed by atoms with E-state index in [1.807, 2.05) is 60.7 Å². The van der Waals surface area contributed by atoms with Crippen molar-refractivity contribution in [2.45, 2.75) is 118 Å². The predicted molar refractivity (Wildman–Crippen MR) is 204 cm³/mol. The van der Waals surface area contributed by atoms with Crippen molar-refractivity contribution >= 4 is 24.4 Å². The van der Waals surface area contributed by atoms with Gasteiger partial charge in [-0.25, -0.2) is 9.59 Å². The minimum atomic E-state index is -0.678. The molecule has 0 spiro atoms. The van der Waals surface area contributed by atoms with Crippen LogP contribution in [0.4, 0.5) is 0 Å². The summed E-state index contributed by atoms with van der Waals surface area (Å²) in [5.41, 5.74) is 1.42. The van der Waals surface area contributed by atoms with Crippen LogP contribution in [0, 0.1) is 33.5 Å². The molecule has 4 saturated carbocycles. The molecule has 53 heavy (non-hydrogen) atoms. The van der Waals surface area contributed by atoms with Crippen LogP contribution >= 0.6 is 0 Å². The minimum absolute atomic E-state index is 0. The largest absolute Gasteiger partial charge is 0.512 e. The van der Waals surface area contributed by atoms with Gasteiger partial charge in [-0.2, -0.15) is 0 Å². The second kappa shape index (κ2) is 15.2. The van der Waals surface area contributed by atoms with Crippen LogP contribution in [0.15, 0.2) is 93.3 Å². The van der Waals surface area contributed by atoms with Crippen LogP contribution < -0.4 is 0 Å². The number of hydrogen-bond donors (Lipinski definition) is 2. The molecule has 0 aromatic heterocycles. The third-order valence-electron chi connectivity index (χ3n) is 14.5. The number of benzene rings is 2. The number of hydrogen-bond acceptors (Lipinski definition) is 8. The normalized spacial score (nSPS) is 31.5. The molecule has 0 heterocycles. The Morgan fingerprint density at radius 3 is 1.26 bits per heavy atom. The van der Waals surface area contributed by atoms with Gasteiger partial charge in [0, 0.05) is 40.0 Å². The molecule has 2 aromatic carbocycles. The molecule has 9 heteroatoms. The Bertz CT molecular complexity index is 1660. The summed E-state index contributed by atoms with van der Waals surface area (Å²) in [4.78, 5) is 37.3. The number of ether oxygens (including phenoxy) is 2. The zero-order valence-corrected chi connectivity index (χ0v) is 33.4. The molecule has 287 valence electrons. The van der Waals surface area contributed by atoms with Gasteiger partial charge in [0.05, 0.1) is 0 Å². The average Bonchev–Trinajstić information content (AvgIpc) is 3.62. The van der Waals surface area contributed by atoms with E-state index in [2.05, 4.69) is 41.5 Å². The first-order chi connectivity index (χ1) is 24.5. The fraction of sp³-hybridized carbons (Fsp3) is 0.545. The van der Waals surface area contributed by atoms with Gasteiger partial charge in [0.15, 0.2) is 0 Å². The average molecular weight is 768 g/mol. The number of rotatable bonds is 11. The number of allylic oxidation sites excluding steroid dienone is 2. The third kappa shape index (κ3) is 7.16. The van der Waals surface area contributed by atoms with Gasteiger partial charge in [0.25, 0.3) is 0 Å². The monoisotopic (exact) mass is 767 g/mol. The molecule has 2 N–H and O–H groups in total. The number of carbonyl (C=O) groups is 2. The molecule has 4 aliphatic carbocycles. The van der Waals surface area contributed by atoms with Crippen LogP contribution in [0.25, 0.3) is 0 Å². The van der Waals surface area contributed by atoms with Crippen molar-refractivity contribution in [3.8, 4) is 0 Å². The number of aliphatic imine (C=N–C) groups is 2. The van der Waals surface area contributed by atoms with E-state index in [1.165, 1.54) is 26.3 Å². The van der Waals surface area contributed by atoms with E-state index >= 15 is 0 Å². The van der Waals surface area contributed by atoms with Gasteiger partial charge in [0.1, 0.15) is 47.0 Å². The summed E-state index contributed by atoms with van der Waals surface area (Å²) >= 11 is 0. The minimum Gasteiger partial charge on any atom is -0.512 e. The van der Waals surface area contributed by atoms with Crippen LogP contribution in [-0.4, -0.2) is 46.8 Å². The van der Waals surface area contributed by atoms with Gasteiger partial charge in [-0.15, -0.1) is 0 Å². The van der Waals surface area contributed by atoms with Crippen molar-refractivity contribution in [3.63, 3.8) is 0 Å². The van der Waals surface area contributed by atoms with Crippen molar-refractivity contribution in [1.29, 1.82) is 0 Å². The van der Waals surface area contributed by atoms with Gasteiger partial charge in [0.2, 0.25) is 0 Å². The van der Waals surface area contributed by atoms with Gasteiger partial charge in [-0.3, -0.25) is 9.98 Å². The fourth-order valence-electron chi connectivity index (χ4n) is 9.90. The van der Waals surface area contributed by atoms with E-state index in [0.29, 0.717) is 11.8 Å². The first-order valence-corrected chi connectivity index (χ1v) is 18.9. The molecule has 2 aromatic rings. The van der Waals surface area contributed by atoms with Gasteiger partial charge >= 0.3 is 11.9 Å². The zero-order chi connectivity index (χ0) is 37.6. The van der Waals surface area contributed by atoms with Gasteiger partial charge < -0.3 is 19.7 Å². The first-order valence-electron chi connectivity index (χ1n) is 18.9. The molecule has 4 bridgehead atoms. The van der Waals surface area contributed by atoms with E-state index in [9.17, 15) is 19.8 Å². The Kier molecular flexibility index (Phi) is 11.6. The maximum absolute atomic E-state index is 13.7. The van der Waals surface area contributed by atoms with Crippen molar-refractivity contribution in [2.75, 3.05) is 0 Å². The molecule has 8 nitrogen and oxygen atoms in total. The second-order valence-corrected chi connectivity index (χ2v) is 17.3. The maximum Gasteiger partial charge on any atom is 0.343 e. The molecule has 6 rings (SSSR count). The van der Waals surface area contributed by atoms with Crippen molar-refractivity contribution in [1.82, 2.24) is 0 Å². The molecule has 0 aliphatic heterocycles. The number of aliphatic hydroxyl groups is 2. The molecule has 0 amide bonds. The summed E-state index contributed by atoms with van der Waals surface area (Å²) in [6.07, 6.45) is 8.15. The first kappa shape index (κ1) is 40.5. The summed E-state index contributed by atoms with van der Waals surface area (Å²) in [7, 11) is 0. The summed E-state index contributed by atoms with van der Waals surface area (Å²) in [6.45, 7) is 16.4. The zero-order valence-electron chi connectivity index (χ0n) is 32.4. The van der Waals surface area contributed by atoms with Gasteiger partial charge in [-0.05, 0) is 86.2 Å². The number of esters is 2. The Morgan fingerprint density at radius 1 is 0.660 bits per heavy atom. The van der Waals surface area contributed by atoms with E-state index in [-0.39, 0.29) is 73.3 Å². The summed E-state index contributed by atoms with van der Waals surface area (Å²) in [5, 5.41) is 21.5. The standard InChI is InChI=1S/C44H56N2O6.Co/c1-27(47)33(39(49)51-35-23-31-19-21-43(35,7)41(31,3)4)25-45-37(29-15-11-9-12-16-29)38(30-17-13-10-14-18-30)46-26-34(28(2)48)40(50)52-36-24-32-20-22-44(36,8)42(32,5)6;/h9-18,25-26,31-32,35-38,47-48H,19-24H2,1-8H3;/b33-27+,34-28+,45-25?,46-26?;/t31-,32-,35+,36+,37+,38+,43+,44+;/m0./s1. The summed E-state index contributed by atoms with van der Waals surface area (Å²) in [6, 6.07) is 17.8. The van der Waals surface area contributed by atoms with Gasteiger partial charge in [-0.1, -0.05) is 102 Å². The van der Waals surface area contributed by atoms with E-state index in [1.54, 1.807) is 0 Å². The molecular formula is C44H56CoN2O6. The van der Waals surface area contributed by atoms with E-state index in [4.69, 9.17) is 19.5 Å². The van der Waals surface area contributed by atoms with Crippen LogP contribution in [0.1, 0.15) is 117 Å². The van der Waals surface area contributed by atoms with Crippen LogP contribution in [0.3, 0.4) is 0 Å². The fourth-order valence-corrected chi connectivity index (χ4v) is 9.90. The number of aliphatic hydroxyl groups excluding tert-OH is 2.